The molecular formula is C14H22N2O2. The highest BCUT2D eigenvalue weighted by Gasteiger charge is 2.29. The standard InChI is InChI=1S/C14H22N2O2/c1-10-2-4-11(5-3-10)12(15)6-7-16-8-13(17)14(18)9-16/h2-5,12-14,17-18H,6-9,15H2,1H3. The number of β-amino-alcohol motifs (C(OH)–C–C–N with tert-alkyl or cyclic N) is 2. The van der Waals surface area contributed by atoms with E-state index < -0.39 is 12.2 Å². The van der Waals surface area contributed by atoms with Crippen molar-refractivity contribution in [1.29, 1.82) is 0 Å². The Kier molecular flexibility index (Phi) is 4.35. The fourth-order valence-electron chi connectivity index (χ4n) is 2.33. The Morgan fingerprint density at radius 1 is 1.22 bits per heavy atom. The number of nitrogens with two attached hydrogens (primary N) is 1. The van der Waals surface area contributed by atoms with Crippen LogP contribution in [0.25, 0.3) is 0 Å². The van der Waals surface area contributed by atoms with Crippen molar-refractivity contribution in [2.45, 2.75) is 31.6 Å². The van der Waals surface area contributed by atoms with Crippen molar-refractivity contribution in [2.75, 3.05) is 19.6 Å². The van der Waals surface area contributed by atoms with Gasteiger partial charge in [-0.15, -0.1) is 0 Å². The molecule has 4 heteroatoms. The average Bonchev–Trinajstić information content (AvgIpc) is 2.67. The van der Waals surface area contributed by atoms with Crippen molar-refractivity contribution in [3.05, 3.63) is 35.4 Å². The fraction of sp³-hybridized carbons (Fsp3) is 0.571. The molecule has 0 saturated carbocycles. The average molecular weight is 250 g/mol. The zero-order valence-corrected chi connectivity index (χ0v) is 10.8. The lowest BCUT2D eigenvalue weighted by molar-refractivity contribution is 0.0572. The minimum atomic E-state index is -0.611. The van der Waals surface area contributed by atoms with Crippen LogP contribution in [0, 0.1) is 6.92 Å². The van der Waals surface area contributed by atoms with Crippen molar-refractivity contribution in [1.82, 2.24) is 4.90 Å². The maximum atomic E-state index is 9.46. The minimum Gasteiger partial charge on any atom is -0.389 e. The van der Waals surface area contributed by atoms with Gasteiger partial charge in [-0.05, 0) is 18.9 Å². The minimum absolute atomic E-state index is 0.0143. The van der Waals surface area contributed by atoms with Gasteiger partial charge in [0.15, 0.2) is 0 Å². The van der Waals surface area contributed by atoms with E-state index in [0.717, 1.165) is 18.5 Å². The number of benzene rings is 1. The number of nitrogens with zero attached hydrogens (tertiary/aromatic N) is 1. The lowest BCUT2D eigenvalue weighted by Crippen LogP contribution is -2.26. The van der Waals surface area contributed by atoms with E-state index in [1.54, 1.807) is 0 Å². The van der Waals surface area contributed by atoms with E-state index in [-0.39, 0.29) is 6.04 Å². The summed E-state index contributed by atoms with van der Waals surface area (Å²) in [4.78, 5) is 2.06. The molecule has 0 aromatic heterocycles. The summed E-state index contributed by atoms with van der Waals surface area (Å²) in [7, 11) is 0. The van der Waals surface area contributed by atoms with Crippen LogP contribution in [-0.2, 0) is 0 Å². The van der Waals surface area contributed by atoms with E-state index >= 15 is 0 Å². The molecule has 1 saturated heterocycles. The molecule has 0 amide bonds. The molecule has 1 aromatic rings. The zero-order valence-electron chi connectivity index (χ0n) is 10.8. The monoisotopic (exact) mass is 250 g/mol. The smallest absolute Gasteiger partial charge is 0.0938 e. The molecule has 18 heavy (non-hydrogen) atoms. The Balaban J connectivity index is 1.81. The first-order valence-corrected chi connectivity index (χ1v) is 6.47. The molecule has 1 aromatic carbocycles. The van der Waals surface area contributed by atoms with Gasteiger partial charge in [-0.1, -0.05) is 29.8 Å². The highest BCUT2D eigenvalue weighted by Crippen LogP contribution is 2.17. The van der Waals surface area contributed by atoms with E-state index in [1.807, 2.05) is 0 Å². The van der Waals surface area contributed by atoms with E-state index in [2.05, 4.69) is 36.1 Å². The summed E-state index contributed by atoms with van der Waals surface area (Å²) in [5.41, 5.74) is 8.51. The van der Waals surface area contributed by atoms with Crippen molar-refractivity contribution >= 4 is 0 Å². The van der Waals surface area contributed by atoms with Crippen LogP contribution in [0.5, 0.6) is 0 Å². The van der Waals surface area contributed by atoms with Gasteiger partial charge in [-0.25, -0.2) is 0 Å². The molecule has 0 spiro atoms. The molecule has 0 aliphatic carbocycles. The van der Waals surface area contributed by atoms with Gasteiger partial charge in [0, 0.05) is 25.7 Å². The number of likely N-dealkylation sites (tertiary alicyclic amines) is 1. The SMILES string of the molecule is Cc1ccc(C(N)CCN2CC(O)C(O)C2)cc1. The van der Waals surface area contributed by atoms with Crippen LogP contribution in [0.1, 0.15) is 23.6 Å². The van der Waals surface area contributed by atoms with Gasteiger partial charge in [0.05, 0.1) is 12.2 Å². The second-order valence-electron chi connectivity index (χ2n) is 5.20. The molecule has 100 valence electrons. The molecule has 0 radical (unpaired) electrons. The van der Waals surface area contributed by atoms with Gasteiger partial charge >= 0.3 is 0 Å². The Labute approximate surface area is 108 Å². The first-order chi connectivity index (χ1) is 8.56. The molecule has 2 rings (SSSR count). The van der Waals surface area contributed by atoms with E-state index in [9.17, 15) is 10.2 Å². The van der Waals surface area contributed by atoms with Gasteiger partial charge in [-0.3, -0.25) is 4.90 Å². The largest absolute Gasteiger partial charge is 0.389 e. The van der Waals surface area contributed by atoms with Crippen LogP contribution in [-0.4, -0.2) is 47.0 Å². The van der Waals surface area contributed by atoms with E-state index in [1.165, 1.54) is 5.56 Å². The van der Waals surface area contributed by atoms with E-state index in [0.29, 0.717) is 13.1 Å². The molecule has 3 unspecified atom stereocenters. The first-order valence-electron chi connectivity index (χ1n) is 6.47. The number of hydrogen-bond acceptors (Lipinski definition) is 4. The van der Waals surface area contributed by atoms with Gasteiger partial charge in [0.2, 0.25) is 0 Å². The summed E-state index contributed by atoms with van der Waals surface area (Å²) in [6.45, 7) is 3.95. The van der Waals surface area contributed by atoms with Crippen LogP contribution in [0.3, 0.4) is 0 Å². The fourth-order valence-corrected chi connectivity index (χ4v) is 2.33. The zero-order chi connectivity index (χ0) is 13.1. The summed E-state index contributed by atoms with van der Waals surface area (Å²) < 4.78 is 0. The summed E-state index contributed by atoms with van der Waals surface area (Å²) >= 11 is 0. The molecule has 1 heterocycles. The van der Waals surface area contributed by atoms with E-state index in [4.69, 9.17) is 5.73 Å². The van der Waals surface area contributed by atoms with Crippen LogP contribution in [0.4, 0.5) is 0 Å². The molecular weight excluding hydrogens is 228 g/mol. The molecule has 1 fully saturated rings. The van der Waals surface area contributed by atoms with Crippen molar-refractivity contribution < 1.29 is 10.2 Å². The maximum Gasteiger partial charge on any atom is 0.0938 e. The molecule has 1 aliphatic heterocycles. The number of aryl methyl sites for hydroxylation is 1. The van der Waals surface area contributed by atoms with Crippen molar-refractivity contribution in [3.63, 3.8) is 0 Å². The number of aliphatic hydroxyl groups excluding tert-OH is 2. The Morgan fingerprint density at radius 2 is 1.78 bits per heavy atom. The summed E-state index contributed by atoms with van der Waals surface area (Å²) in [6, 6.07) is 8.28. The number of hydrogen-bond donors (Lipinski definition) is 3. The second-order valence-corrected chi connectivity index (χ2v) is 5.20. The van der Waals surface area contributed by atoms with Crippen LogP contribution >= 0.6 is 0 Å². The third-order valence-electron chi connectivity index (χ3n) is 3.60. The predicted octanol–water partition coefficient (Wildman–Crippen LogP) is 0.422. The third kappa shape index (κ3) is 3.29. The van der Waals surface area contributed by atoms with Crippen molar-refractivity contribution in [2.24, 2.45) is 5.73 Å². The molecule has 4 nitrogen and oxygen atoms in total. The summed E-state index contributed by atoms with van der Waals surface area (Å²) in [5.74, 6) is 0. The molecule has 4 N–H and O–H groups in total. The van der Waals surface area contributed by atoms with Crippen LogP contribution in [0.2, 0.25) is 0 Å². The number of rotatable bonds is 4. The maximum absolute atomic E-state index is 9.46. The number of aliphatic hydroxyl groups is 2. The summed E-state index contributed by atoms with van der Waals surface area (Å²) in [6.07, 6.45) is -0.385. The van der Waals surface area contributed by atoms with Crippen LogP contribution in [0.15, 0.2) is 24.3 Å². The topological polar surface area (TPSA) is 69.7 Å². The quantitative estimate of drug-likeness (QED) is 0.724. The Hall–Kier alpha value is -0.940. The first kappa shape index (κ1) is 13.5. The lowest BCUT2D eigenvalue weighted by Gasteiger charge is -2.18. The molecule has 3 atom stereocenters. The van der Waals surface area contributed by atoms with Gasteiger partial charge in [0.1, 0.15) is 0 Å². The highest BCUT2D eigenvalue weighted by molar-refractivity contribution is 5.23. The van der Waals surface area contributed by atoms with Gasteiger partial charge < -0.3 is 15.9 Å². The Morgan fingerprint density at radius 3 is 2.33 bits per heavy atom. The predicted molar refractivity (Wildman–Crippen MR) is 71.2 cm³/mol. The third-order valence-corrected chi connectivity index (χ3v) is 3.60. The van der Waals surface area contributed by atoms with Crippen molar-refractivity contribution in [3.8, 4) is 0 Å². The van der Waals surface area contributed by atoms with Crippen LogP contribution < -0.4 is 5.73 Å². The van der Waals surface area contributed by atoms with Gasteiger partial charge in [-0.2, -0.15) is 0 Å². The highest BCUT2D eigenvalue weighted by atomic mass is 16.3. The lowest BCUT2D eigenvalue weighted by atomic mass is 10.0. The second kappa shape index (κ2) is 5.80. The molecule has 0 bridgehead atoms. The Bertz CT molecular complexity index is 370. The van der Waals surface area contributed by atoms with Gasteiger partial charge in [0.25, 0.3) is 0 Å². The normalized spacial score (nSPS) is 26.4. The molecule has 1 aliphatic rings. The summed E-state index contributed by atoms with van der Waals surface area (Å²) in [5, 5.41) is 18.9.